The molecule has 1 rings (SSSR count). The molecule has 2 atom stereocenters. The molecule has 1 aliphatic carbocycles. The van der Waals surface area contributed by atoms with E-state index in [9.17, 15) is 4.79 Å². The van der Waals surface area contributed by atoms with Crippen molar-refractivity contribution in [1.29, 1.82) is 0 Å². The summed E-state index contributed by atoms with van der Waals surface area (Å²) < 4.78 is 7.67. The maximum absolute atomic E-state index is 11.3. The lowest BCUT2D eigenvalue weighted by atomic mass is 9.88. The zero-order chi connectivity index (χ0) is 17.0. The molecule has 0 saturated heterocycles. The van der Waals surface area contributed by atoms with E-state index in [1.165, 1.54) is 6.42 Å². The minimum atomic E-state index is -1.82. The Bertz CT molecular complexity index is 446. The van der Waals surface area contributed by atoms with Gasteiger partial charge in [-0.05, 0) is 56.3 Å². The van der Waals surface area contributed by atoms with Gasteiger partial charge in [-0.1, -0.05) is 48.9 Å². The van der Waals surface area contributed by atoms with Gasteiger partial charge in [0.1, 0.15) is 0 Å². The van der Waals surface area contributed by atoms with E-state index in [0.717, 1.165) is 23.7 Å². The first-order chi connectivity index (χ1) is 10.0. The average molecular weight is 387 g/mol. The quantitative estimate of drug-likeness (QED) is 0.318. The summed E-state index contributed by atoms with van der Waals surface area (Å²) in [6.45, 7) is 13.0. The second kappa shape index (κ2) is 8.07. The molecule has 0 saturated carbocycles. The first-order valence-electron chi connectivity index (χ1n) is 8.22. The van der Waals surface area contributed by atoms with Gasteiger partial charge in [0.15, 0.2) is 14.1 Å². The molecular formula is C18H31BrO2Si. The van der Waals surface area contributed by atoms with Crippen LogP contribution >= 0.6 is 15.9 Å². The lowest BCUT2D eigenvalue weighted by Crippen LogP contribution is -2.46. The minimum absolute atomic E-state index is 0.0847. The van der Waals surface area contributed by atoms with Gasteiger partial charge in [-0.15, -0.1) is 0 Å². The predicted molar refractivity (Wildman–Crippen MR) is 101 cm³/mol. The topological polar surface area (TPSA) is 26.3 Å². The third kappa shape index (κ3) is 6.13. The highest BCUT2D eigenvalue weighted by Gasteiger charge is 2.40. The van der Waals surface area contributed by atoms with Crippen LogP contribution in [0.3, 0.4) is 0 Å². The fourth-order valence-electron chi connectivity index (χ4n) is 2.49. The molecule has 2 unspecified atom stereocenters. The van der Waals surface area contributed by atoms with Gasteiger partial charge in [0, 0.05) is 10.9 Å². The molecule has 1 aliphatic rings. The first-order valence-corrected chi connectivity index (χ1v) is 11.9. The lowest BCUT2D eigenvalue weighted by Gasteiger charge is -2.42. The number of carbonyl (C=O) groups is 1. The van der Waals surface area contributed by atoms with Crippen LogP contribution in [0, 0.1) is 5.92 Å². The van der Waals surface area contributed by atoms with Gasteiger partial charge in [-0.2, -0.15) is 0 Å². The molecule has 0 radical (unpaired) electrons. The Morgan fingerprint density at radius 1 is 1.41 bits per heavy atom. The zero-order valence-corrected chi connectivity index (χ0v) is 17.5. The van der Waals surface area contributed by atoms with Crippen molar-refractivity contribution >= 4 is 30.0 Å². The van der Waals surface area contributed by atoms with Gasteiger partial charge in [-0.25, -0.2) is 0 Å². The normalized spacial score (nSPS) is 21.8. The number of carbonyl (C=O) groups excluding carboxylic acids is 1. The number of ketones is 1. The Kier molecular flexibility index (Phi) is 7.28. The molecule has 0 aliphatic heterocycles. The van der Waals surface area contributed by atoms with E-state index in [-0.39, 0.29) is 16.9 Å². The molecule has 0 spiro atoms. The highest BCUT2D eigenvalue weighted by molar-refractivity contribution is 9.11. The molecular weight excluding hydrogens is 356 g/mol. The van der Waals surface area contributed by atoms with Crippen LogP contribution in [0.4, 0.5) is 0 Å². The molecule has 126 valence electrons. The summed E-state index contributed by atoms with van der Waals surface area (Å²) in [5.41, 5.74) is 0. The van der Waals surface area contributed by atoms with Gasteiger partial charge >= 0.3 is 0 Å². The number of hydrogen-bond acceptors (Lipinski definition) is 2. The fourth-order valence-corrected chi connectivity index (χ4v) is 4.51. The summed E-state index contributed by atoms with van der Waals surface area (Å²) in [4.78, 5) is 11.3. The van der Waals surface area contributed by atoms with Crippen LogP contribution in [0.2, 0.25) is 18.1 Å². The molecule has 22 heavy (non-hydrogen) atoms. The average Bonchev–Trinajstić information content (AvgIpc) is 2.36. The van der Waals surface area contributed by atoms with E-state index >= 15 is 0 Å². The van der Waals surface area contributed by atoms with Crippen molar-refractivity contribution in [2.75, 3.05) is 0 Å². The van der Waals surface area contributed by atoms with Crippen molar-refractivity contribution in [3.05, 3.63) is 22.7 Å². The van der Waals surface area contributed by atoms with E-state index in [2.05, 4.69) is 61.9 Å². The monoisotopic (exact) mass is 386 g/mol. The van der Waals surface area contributed by atoms with E-state index < -0.39 is 8.32 Å². The molecule has 4 heteroatoms. The summed E-state index contributed by atoms with van der Waals surface area (Å²) in [6.07, 6.45) is 10.6. The van der Waals surface area contributed by atoms with Crippen LogP contribution in [0.1, 0.15) is 53.4 Å². The Labute approximate surface area is 145 Å². The Hall–Kier alpha value is -0.193. The highest BCUT2D eigenvalue weighted by atomic mass is 79.9. The third-order valence-electron chi connectivity index (χ3n) is 4.84. The maximum atomic E-state index is 11.3. The summed E-state index contributed by atoms with van der Waals surface area (Å²) in [6, 6.07) is 0. The summed E-state index contributed by atoms with van der Waals surface area (Å²) in [7, 11) is -1.82. The second-order valence-corrected chi connectivity index (χ2v) is 13.6. The van der Waals surface area contributed by atoms with Crippen molar-refractivity contribution in [2.24, 2.45) is 5.92 Å². The molecule has 0 aromatic rings. The SMILES string of the molecule is CC(=O)/C=C(/Br)CC(O[Si](C)(C)C(C)(C)C)C1CC=CCC1. The van der Waals surface area contributed by atoms with E-state index in [1.54, 1.807) is 13.0 Å². The minimum Gasteiger partial charge on any atom is -0.413 e. The predicted octanol–water partition coefficient (Wildman–Crippen LogP) is 5.99. The molecule has 0 bridgehead atoms. The van der Waals surface area contributed by atoms with Crippen molar-refractivity contribution in [1.82, 2.24) is 0 Å². The number of hydrogen-bond donors (Lipinski definition) is 0. The molecule has 0 heterocycles. The second-order valence-electron chi connectivity index (χ2n) is 7.87. The summed E-state index contributed by atoms with van der Waals surface area (Å²) in [5.74, 6) is 0.633. The third-order valence-corrected chi connectivity index (χ3v) is 9.90. The highest BCUT2D eigenvalue weighted by Crippen LogP contribution is 2.40. The smallest absolute Gasteiger partial charge is 0.192 e. The van der Waals surface area contributed by atoms with Gasteiger partial charge in [-0.3, -0.25) is 4.79 Å². The van der Waals surface area contributed by atoms with Crippen molar-refractivity contribution in [3.8, 4) is 0 Å². The summed E-state index contributed by atoms with van der Waals surface area (Å²) in [5, 5.41) is 0.201. The molecule has 2 nitrogen and oxygen atoms in total. The van der Waals surface area contributed by atoms with E-state index in [1.807, 2.05) is 0 Å². The van der Waals surface area contributed by atoms with Crippen LogP contribution in [-0.4, -0.2) is 20.2 Å². The van der Waals surface area contributed by atoms with Crippen LogP contribution in [0.5, 0.6) is 0 Å². The van der Waals surface area contributed by atoms with E-state index in [0.29, 0.717) is 5.92 Å². The van der Waals surface area contributed by atoms with E-state index in [4.69, 9.17) is 4.43 Å². The Balaban J connectivity index is 2.91. The van der Waals surface area contributed by atoms with Gasteiger partial charge in [0.25, 0.3) is 0 Å². The first kappa shape index (κ1) is 19.9. The van der Waals surface area contributed by atoms with Gasteiger partial charge in [0.05, 0.1) is 6.10 Å². The lowest BCUT2D eigenvalue weighted by molar-refractivity contribution is -0.112. The molecule has 0 aromatic heterocycles. The van der Waals surface area contributed by atoms with Crippen molar-refractivity contribution in [2.45, 2.75) is 77.6 Å². The van der Waals surface area contributed by atoms with Crippen LogP contribution in [0.25, 0.3) is 0 Å². The van der Waals surface area contributed by atoms with Crippen molar-refractivity contribution in [3.63, 3.8) is 0 Å². The zero-order valence-electron chi connectivity index (χ0n) is 14.9. The van der Waals surface area contributed by atoms with Gasteiger partial charge in [0.2, 0.25) is 0 Å². The molecule has 0 N–H and O–H groups in total. The largest absolute Gasteiger partial charge is 0.413 e. The summed E-state index contributed by atoms with van der Waals surface area (Å²) >= 11 is 3.56. The molecule has 0 aromatic carbocycles. The standard InChI is InChI=1S/C18H31BrO2Si/c1-14(20)12-16(19)13-17(15-10-8-7-9-11-15)21-22(5,6)18(2,3)4/h7-8,12,15,17H,9-11,13H2,1-6H3/b16-12+. The van der Waals surface area contributed by atoms with Crippen molar-refractivity contribution < 1.29 is 9.22 Å². The van der Waals surface area contributed by atoms with Crippen LogP contribution < -0.4 is 0 Å². The Morgan fingerprint density at radius 3 is 2.50 bits per heavy atom. The number of rotatable bonds is 6. The fraction of sp³-hybridized carbons (Fsp3) is 0.722. The van der Waals surface area contributed by atoms with Crippen LogP contribution in [-0.2, 0) is 9.22 Å². The Morgan fingerprint density at radius 2 is 2.05 bits per heavy atom. The number of halogens is 1. The molecule has 0 fully saturated rings. The maximum Gasteiger partial charge on any atom is 0.192 e. The molecule has 0 amide bonds. The van der Waals surface area contributed by atoms with Crippen LogP contribution in [0.15, 0.2) is 22.7 Å². The van der Waals surface area contributed by atoms with Gasteiger partial charge < -0.3 is 4.43 Å². The number of allylic oxidation sites excluding steroid dienone is 3.